The molecular formula is C15H15N3OS. The van der Waals surface area contributed by atoms with Crippen LogP contribution in [0.3, 0.4) is 0 Å². The van der Waals surface area contributed by atoms with Gasteiger partial charge in [-0.3, -0.25) is 0 Å². The zero-order valence-corrected chi connectivity index (χ0v) is 12.0. The van der Waals surface area contributed by atoms with E-state index in [1.807, 2.05) is 43.3 Å². The maximum atomic E-state index is 12.4. The average Bonchev–Trinajstić information content (AvgIpc) is 2.50. The van der Waals surface area contributed by atoms with Gasteiger partial charge >= 0.3 is 6.03 Å². The highest BCUT2D eigenvalue weighted by atomic mass is 32.2. The fourth-order valence-corrected chi connectivity index (χ4v) is 3.14. The largest absolute Gasteiger partial charge is 0.337 e. The van der Waals surface area contributed by atoms with Crippen molar-refractivity contribution in [1.29, 1.82) is 0 Å². The van der Waals surface area contributed by atoms with Crippen molar-refractivity contribution in [3.05, 3.63) is 42.6 Å². The number of hydrogen-bond donors (Lipinski definition) is 1. The van der Waals surface area contributed by atoms with E-state index in [0.29, 0.717) is 12.4 Å². The maximum absolute atomic E-state index is 12.4. The van der Waals surface area contributed by atoms with Crippen LogP contribution < -0.4 is 10.2 Å². The lowest BCUT2D eigenvalue weighted by Crippen LogP contribution is -2.39. The Bertz CT molecular complexity index is 599. The fraction of sp³-hybridized carbons (Fsp3) is 0.200. The van der Waals surface area contributed by atoms with Crippen LogP contribution in [0, 0.1) is 0 Å². The molecule has 1 aromatic heterocycles. The number of rotatable bonds is 2. The van der Waals surface area contributed by atoms with Crippen molar-refractivity contribution in [3.8, 4) is 0 Å². The van der Waals surface area contributed by atoms with Gasteiger partial charge in [-0.25, -0.2) is 14.7 Å². The summed E-state index contributed by atoms with van der Waals surface area (Å²) >= 11 is 1.64. The van der Waals surface area contributed by atoms with Crippen LogP contribution in [0.15, 0.2) is 52.4 Å². The Morgan fingerprint density at radius 3 is 2.90 bits per heavy atom. The molecule has 1 aliphatic rings. The number of anilines is 2. The zero-order chi connectivity index (χ0) is 13.9. The number of pyridine rings is 1. The maximum Gasteiger partial charge on any atom is 0.327 e. The summed E-state index contributed by atoms with van der Waals surface area (Å²) in [6.45, 7) is 2.69. The minimum Gasteiger partial charge on any atom is -0.337 e. The predicted molar refractivity (Wildman–Crippen MR) is 80.6 cm³/mol. The van der Waals surface area contributed by atoms with Gasteiger partial charge in [-0.2, -0.15) is 0 Å². The van der Waals surface area contributed by atoms with Gasteiger partial charge < -0.3 is 5.32 Å². The molecule has 5 heteroatoms. The van der Waals surface area contributed by atoms with Crippen molar-refractivity contribution in [3.63, 3.8) is 0 Å². The van der Waals surface area contributed by atoms with E-state index in [1.54, 1.807) is 22.9 Å². The Kier molecular flexibility index (Phi) is 3.60. The van der Waals surface area contributed by atoms with Crippen molar-refractivity contribution >= 4 is 29.3 Å². The minimum atomic E-state index is -0.125. The topological polar surface area (TPSA) is 45.2 Å². The molecule has 0 spiro atoms. The number of urea groups is 1. The number of hydrogen-bond acceptors (Lipinski definition) is 3. The molecule has 102 valence electrons. The molecule has 0 saturated heterocycles. The first-order valence-corrected chi connectivity index (χ1v) is 7.42. The van der Waals surface area contributed by atoms with Gasteiger partial charge in [0.25, 0.3) is 0 Å². The van der Waals surface area contributed by atoms with E-state index >= 15 is 0 Å². The van der Waals surface area contributed by atoms with Gasteiger partial charge in [0.15, 0.2) is 5.82 Å². The molecule has 1 N–H and O–H groups in total. The lowest BCUT2D eigenvalue weighted by Gasteiger charge is -2.29. The second kappa shape index (κ2) is 5.54. The lowest BCUT2D eigenvalue weighted by atomic mass is 10.2. The number of carbonyl (C=O) groups is 1. The van der Waals surface area contributed by atoms with Gasteiger partial charge in [-0.05, 0) is 30.7 Å². The first kappa shape index (κ1) is 13.0. The molecule has 0 aliphatic carbocycles. The van der Waals surface area contributed by atoms with E-state index < -0.39 is 0 Å². The highest BCUT2D eigenvalue weighted by Crippen LogP contribution is 2.46. The molecule has 2 aromatic rings. The summed E-state index contributed by atoms with van der Waals surface area (Å²) in [5.41, 5.74) is 0.886. The Hall–Kier alpha value is -2.01. The molecule has 20 heavy (non-hydrogen) atoms. The Balaban J connectivity index is 2.05. The molecule has 2 amide bonds. The van der Waals surface area contributed by atoms with Crippen LogP contribution in [0.1, 0.15) is 13.3 Å². The first-order chi connectivity index (χ1) is 9.81. The molecule has 0 radical (unpaired) electrons. The predicted octanol–water partition coefficient (Wildman–Crippen LogP) is 3.80. The van der Waals surface area contributed by atoms with E-state index in [-0.39, 0.29) is 6.03 Å². The molecule has 3 rings (SSSR count). The summed E-state index contributed by atoms with van der Waals surface area (Å²) < 4.78 is 0. The highest BCUT2D eigenvalue weighted by Gasteiger charge is 2.28. The van der Waals surface area contributed by atoms with Gasteiger partial charge in [0.1, 0.15) is 0 Å². The molecular weight excluding hydrogens is 270 g/mol. The molecule has 1 aromatic carbocycles. The Morgan fingerprint density at radius 2 is 2.05 bits per heavy atom. The van der Waals surface area contributed by atoms with Crippen LogP contribution >= 0.6 is 11.8 Å². The summed E-state index contributed by atoms with van der Waals surface area (Å²) in [7, 11) is 0. The normalized spacial score (nSPS) is 12.6. The fourth-order valence-electron chi connectivity index (χ4n) is 2.11. The van der Waals surface area contributed by atoms with Crippen LogP contribution in [0.25, 0.3) is 0 Å². The van der Waals surface area contributed by atoms with E-state index in [4.69, 9.17) is 0 Å². The summed E-state index contributed by atoms with van der Waals surface area (Å²) in [5, 5.41) is 2.92. The third-order valence-corrected chi connectivity index (χ3v) is 4.12. The SMILES string of the molecule is CCCNC(=O)N1c2ccccc2Sc2cccnc21. The number of fused-ring (bicyclic) bond motifs is 2. The van der Waals surface area contributed by atoms with Crippen molar-refractivity contribution < 1.29 is 4.79 Å². The van der Waals surface area contributed by atoms with E-state index in [2.05, 4.69) is 10.3 Å². The molecule has 0 bridgehead atoms. The monoisotopic (exact) mass is 285 g/mol. The van der Waals surface area contributed by atoms with Crippen LogP contribution in [-0.2, 0) is 0 Å². The third kappa shape index (κ3) is 2.25. The van der Waals surface area contributed by atoms with Gasteiger partial charge in [-0.1, -0.05) is 30.8 Å². The summed E-state index contributed by atoms with van der Waals surface area (Å²) in [6, 6.07) is 11.6. The minimum absolute atomic E-state index is 0.125. The summed E-state index contributed by atoms with van der Waals surface area (Å²) in [5.74, 6) is 0.699. The number of amides is 2. The number of nitrogens with one attached hydrogen (secondary N) is 1. The lowest BCUT2D eigenvalue weighted by molar-refractivity contribution is 0.248. The second-order valence-corrected chi connectivity index (χ2v) is 5.55. The standard InChI is InChI=1S/C15H15N3OS/c1-2-9-17-15(19)18-11-6-3-4-7-12(11)20-13-8-5-10-16-14(13)18/h3-8,10H,2,9H2,1H3,(H,17,19). The summed E-state index contributed by atoms with van der Waals surface area (Å²) in [4.78, 5) is 20.6. The number of carbonyl (C=O) groups excluding carboxylic acids is 1. The van der Waals surface area contributed by atoms with Gasteiger partial charge in [0.05, 0.1) is 10.6 Å². The van der Waals surface area contributed by atoms with Crippen molar-refractivity contribution in [2.75, 3.05) is 11.4 Å². The smallest absolute Gasteiger partial charge is 0.327 e. The molecule has 4 nitrogen and oxygen atoms in total. The Morgan fingerprint density at radius 1 is 1.25 bits per heavy atom. The Labute approximate surface area is 122 Å². The first-order valence-electron chi connectivity index (χ1n) is 6.61. The van der Waals surface area contributed by atoms with Crippen LogP contribution in [0.4, 0.5) is 16.3 Å². The van der Waals surface area contributed by atoms with Crippen molar-refractivity contribution in [2.24, 2.45) is 0 Å². The van der Waals surface area contributed by atoms with E-state index in [0.717, 1.165) is 21.9 Å². The number of para-hydroxylation sites is 1. The second-order valence-electron chi connectivity index (χ2n) is 4.46. The molecule has 0 unspecified atom stereocenters. The quantitative estimate of drug-likeness (QED) is 0.912. The molecule has 2 heterocycles. The van der Waals surface area contributed by atoms with Crippen LogP contribution in [0.5, 0.6) is 0 Å². The van der Waals surface area contributed by atoms with Gasteiger partial charge in [0.2, 0.25) is 0 Å². The van der Waals surface area contributed by atoms with Crippen molar-refractivity contribution in [2.45, 2.75) is 23.1 Å². The number of benzene rings is 1. The molecule has 0 atom stereocenters. The van der Waals surface area contributed by atoms with Crippen LogP contribution in [-0.4, -0.2) is 17.6 Å². The highest BCUT2D eigenvalue weighted by molar-refractivity contribution is 7.99. The number of aromatic nitrogens is 1. The zero-order valence-electron chi connectivity index (χ0n) is 11.2. The molecule has 1 aliphatic heterocycles. The van der Waals surface area contributed by atoms with Crippen LogP contribution in [0.2, 0.25) is 0 Å². The molecule has 0 saturated carbocycles. The number of nitrogens with zero attached hydrogens (tertiary/aromatic N) is 2. The van der Waals surface area contributed by atoms with Gasteiger partial charge in [0, 0.05) is 17.6 Å². The summed E-state index contributed by atoms with van der Waals surface area (Å²) in [6.07, 6.45) is 2.62. The molecule has 0 fully saturated rings. The third-order valence-electron chi connectivity index (χ3n) is 3.02. The van der Waals surface area contributed by atoms with E-state index in [9.17, 15) is 4.79 Å². The van der Waals surface area contributed by atoms with Crippen molar-refractivity contribution in [1.82, 2.24) is 10.3 Å². The van der Waals surface area contributed by atoms with E-state index in [1.165, 1.54) is 0 Å². The van der Waals surface area contributed by atoms with Gasteiger partial charge in [-0.15, -0.1) is 0 Å². The average molecular weight is 285 g/mol.